The van der Waals surface area contributed by atoms with Gasteiger partial charge in [-0.3, -0.25) is 4.99 Å². The molecular formula is C15H13ClN2OS. The number of hydrogen-bond acceptors (Lipinski definition) is 4. The van der Waals surface area contributed by atoms with E-state index in [4.69, 9.17) is 4.42 Å². The Balaban J connectivity index is 0.00000121. The topological polar surface area (TPSA) is 37.5 Å². The van der Waals surface area contributed by atoms with Crippen molar-refractivity contribution < 1.29 is 4.42 Å². The highest BCUT2D eigenvalue weighted by Crippen LogP contribution is 2.33. The minimum Gasteiger partial charge on any atom is -0.460 e. The first-order valence-electron chi connectivity index (χ1n) is 6.25. The molecule has 0 aliphatic carbocycles. The fourth-order valence-corrected chi connectivity index (χ4v) is 3.13. The zero-order chi connectivity index (χ0) is 12.7. The third-order valence-electron chi connectivity index (χ3n) is 3.37. The molecule has 0 spiro atoms. The molecule has 3 heterocycles. The molecule has 20 heavy (non-hydrogen) atoms. The molecule has 3 nitrogen and oxygen atoms in total. The molecule has 0 amide bonds. The second kappa shape index (κ2) is 5.31. The van der Waals surface area contributed by atoms with E-state index >= 15 is 0 Å². The molecule has 1 aromatic carbocycles. The van der Waals surface area contributed by atoms with Crippen LogP contribution < -0.4 is 5.32 Å². The summed E-state index contributed by atoms with van der Waals surface area (Å²) in [5.41, 5.74) is 2.46. The Bertz CT molecular complexity index is 761. The summed E-state index contributed by atoms with van der Waals surface area (Å²) in [5, 5.41) is 9.79. The van der Waals surface area contributed by atoms with Crippen molar-refractivity contribution in [2.75, 3.05) is 13.1 Å². The van der Waals surface area contributed by atoms with Gasteiger partial charge in [-0.15, -0.1) is 12.4 Å². The van der Waals surface area contributed by atoms with Gasteiger partial charge in [0.2, 0.25) is 0 Å². The van der Waals surface area contributed by atoms with E-state index in [2.05, 4.69) is 45.3 Å². The lowest BCUT2D eigenvalue weighted by molar-refractivity contribution is 0.560. The standard InChI is InChI=1S/C15H12N2OS.ClH/c1-2-11(10-4-7-19-9-10)13-8-18-14(12(13)3-1)15-16-5-6-17-15;/h1-4,7-9H,5-6H2,(H,16,17);1H. The zero-order valence-electron chi connectivity index (χ0n) is 10.6. The van der Waals surface area contributed by atoms with Gasteiger partial charge in [-0.1, -0.05) is 18.2 Å². The SMILES string of the molecule is Cl.c1cc(-c2ccsc2)c2coc(C3=NCCN3)c2c1. The largest absolute Gasteiger partial charge is 0.460 e. The molecule has 2 aromatic heterocycles. The third-order valence-corrected chi connectivity index (χ3v) is 4.05. The van der Waals surface area contributed by atoms with Crippen LogP contribution >= 0.6 is 23.7 Å². The van der Waals surface area contributed by atoms with Crippen LogP contribution in [0.1, 0.15) is 5.76 Å². The Morgan fingerprint density at radius 2 is 2.15 bits per heavy atom. The third kappa shape index (κ3) is 2.01. The summed E-state index contributed by atoms with van der Waals surface area (Å²) in [4.78, 5) is 4.43. The lowest BCUT2D eigenvalue weighted by atomic mass is 10.0. The van der Waals surface area contributed by atoms with E-state index in [0.717, 1.165) is 35.5 Å². The van der Waals surface area contributed by atoms with Crippen LogP contribution in [0.5, 0.6) is 0 Å². The Kier molecular flexibility index (Phi) is 3.51. The molecule has 4 rings (SSSR count). The van der Waals surface area contributed by atoms with Gasteiger partial charge in [0, 0.05) is 17.3 Å². The molecule has 0 saturated carbocycles. The molecule has 5 heteroatoms. The number of rotatable bonds is 2. The van der Waals surface area contributed by atoms with Gasteiger partial charge in [-0.2, -0.15) is 11.3 Å². The summed E-state index contributed by atoms with van der Waals surface area (Å²) in [5.74, 6) is 1.72. The Morgan fingerprint density at radius 1 is 1.20 bits per heavy atom. The van der Waals surface area contributed by atoms with Gasteiger partial charge in [0.25, 0.3) is 0 Å². The number of nitrogens with zero attached hydrogens (tertiary/aromatic N) is 1. The maximum absolute atomic E-state index is 5.75. The van der Waals surface area contributed by atoms with E-state index in [0.29, 0.717) is 0 Å². The van der Waals surface area contributed by atoms with E-state index in [1.807, 2.05) is 6.26 Å². The highest BCUT2D eigenvalue weighted by molar-refractivity contribution is 7.08. The summed E-state index contributed by atoms with van der Waals surface area (Å²) in [6.45, 7) is 1.71. The molecule has 0 unspecified atom stereocenters. The second-order valence-electron chi connectivity index (χ2n) is 4.50. The summed E-state index contributed by atoms with van der Waals surface area (Å²) >= 11 is 1.71. The summed E-state index contributed by atoms with van der Waals surface area (Å²) < 4.78 is 5.75. The van der Waals surface area contributed by atoms with E-state index in [-0.39, 0.29) is 12.4 Å². The van der Waals surface area contributed by atoms with E-state index in [1.54, 1.807) is 11.3 Å². The van der Waals surface area contributed by atoms with Crippen LogP contribution in [0.2, 0.25) is 0 Å². The van der Waals surface area contributed by atoms with Crippen LogP contribution in [-0.2, 0) is 0 Å². The van der Waals surface area contributed by atoms with Crippen molar-refractivity contribution in [3.05, 3.63) is 47.0 Å². The van der Waals surface area contributed by atoms with Crippen molar-refractivity contribution in [3.63, 3.8) is 0 Å². The van der Waals surface area contributed by atoms with E-state index in [1.165, 1.54) is 11.1 Å². The first-order chi connectivity index (χ1) is 9.43. The van der Waals surface area contributed by atoms with Crippen LogP contribution in [0.15, 0.2) is 50.7 Å². The molecule has 3 aromatic rings. The number of hydrogen-bond donors (Lipinski definition) is 1. The number of amidine groups is 1. The predicted molar refractivity (Wildman–Crippen MR) is 86.2 cm³/mol. The molecule has 1 N–H and O–H groups in total. The minimum absolute atomic E-state index is 0. The number of halogens is 1. The molecule has 102 valence electrons. The van der Waals surface area contributed by atoms with Crippen LogP contribution in [0, 0.1) is 0 Å². The number of nitrogens with one attached hydrogen (secondary N) is 1. The number of aliphatic imine (C=N–C) groups is 1. The van der Waals surface area contributed by atoms with E-state index in [9.17, 15) is 0 Å². The molecule has 0 saturated heterocycles. The number of furan rings is 1. The van der Waals surface area contributed by atoms with Crippen molar-refractivity contribution in [3.8, 4) is 11.1 Å². The summed E-state index contributed by atoms with van der Waals surface area (Å²) in [6, 6.07) is 8.43. The lowest BCUT2D eigenvalue weighted by Crippen LogP contribution is -2.18. The van der Waals surface area contributed by atoms with Crippen molar-refractivity contribution >= 4 is 40.4 Å². The predicted octanol–water partition coefficient (Wildman–Crippen LogP) is 3.93. The van der Waals surface area contributed by atoms with Crippen molar-refractivity contribution in [1.29, 1.82) is 0 Å². The second-order valence-corrected chi connectivity index (χ2v) is 5.28. The van der Waals surface area contributed by atoms with Gasteiger partial charge >= 0.3 is 0 Å². The molecular weight excluding hydrogens is 292 g/mol. The first-order valence-corrected chi connectivity index (χ1v) is 7.19. The Labute approximate surface area is 126 Å². The van der Waals surface area contributed by atoms with Crippen LogP contribution in [0.4, 0.5) is 0 Å². The molecule has 1 aliphatic rings. The zero-order valence-corrected chi connectivity index (χ0v) is 12.3. The quantitative estimate of drug-likeness (QED) is 0.779. The monoisotopic (exact) mass is 304 g/mol. The lowest BCUT2D eigenvalue weighted by Gasteiger charge is -2.01. The number of thiophene rings is 1. The van der Waals surface area contributed by atoms with Gasteiger partial charge in [-0.05, 0) is 28.0 Å². The average Bonchev–Trinajstić information content (AvgIpc) is 3.18. The van der Waals surface area contributed by atoms with E-state index < -0.39 is 0 Å². The summed E-state index contributed by atoms with van der Waals surface area (Å²) in [7, 11) is 0. The molecule has 0 radical (unpaired) electrons. The van der Waals surface area contributed by atoms with Crippen molar-refractivity contribution in [1.82, 2.24) is 5.32 Å². The molecule has 0 bridgehead atoms. The number of fused-ring (bicyclic) bond motifs is 1. The average molecular weight is 305 g/mol. The molecule has 0 fully saturated rings. The summed E-state index contributed by atoms with van der Waals surface area (Å²) in [6.07, 6.45) is 1.83. The number of benzene rings is 1. The highest BCUT2D eigenvalue weighted by Gasteiger charge is 2.17. The minimum atomic E-state index is 0. The van der Waals surface area contributed by atoms with Gasteiger partial charge in [-0.25, -0.2) is 0 Å². The van der Waals surface area contributed by atoms with Crippen molar-refractivity contribution in [2.24, 2.45) is 4.99 Å². The maximum atomic E-state index is 5.75. The maximum Gasteiger partial charge on any atom is 0.176 e. The van der Waals surface area contributed by atoms with Gasteiger partial charge < -0.3 is 9.73 Å². The fraction of sp³-hybridized carbons (Fsp3) is 0.133. The van der Waals surface area contributed by atoms with Gasteiger partial charge in [0.15, 0.2) is 11.6 Å². The molecule has 1 aliphatic heterocycles. The Hall–Kier alpha value is -1.78. The molecule has 0 atom stereocenters. The van der Waals surface area contributed by atoms with Crippen LogP contribution in [0.25, 0.3) is 21.9 Å². The smallest absolute Gasteiger partial charge is 0.176 e. The van der Waals surface area contributed by atoms with Crippen LogP contribution in [0.3, 0.4) is 0 Å². The Morgan fingerprint density at radius 3 is 2.90 bits per heavy atom. The van der Waals surface area contributed by atoms with Gasteiger partial charge in [0.1, 0.15) is 0 Å². The highest BCUT2D eigenvalue weighted by atomic mass is 35.5. The normalized spacial score (nSPS) is 13.9. The van der Waals surface area contributed by atoms with Crippen molar-refractivity contribution in [2.45, 2.75) is 0 Å². The van der Waals surface area contributed by atoms with Gasteiger partial charge in [0.05, 0.1) is 12.8 Å². The van der Waals surface area contributed by atoms with Crippen LogP contribution in [-0.4, -0.2) is 18.9 Å². The fourth-order valence-electron chi connectivity index (χ4n) is 2.47. The first kappa shape index (κ1) is 13.2.